The van der Waals surface area contributed by atoms with E-state index in [9.17, 15) is 13.6 Å². The van der Waals surface area contributed by atoms with Crippen LogP contribution in [0.3, 0.4) is 0 Å². The summed E-state index contributed by atoms with van der Waals surface area (Å²) in [5.74, 6) is -1.98. The second-order valence-electron chi connectivity index (χ2n) is 3.58. The number of morpholine rings is 1. The summed E-state index contributed by atoms with van der Waals surface area (Å²) in [4.78, 5) is 10.8. The molecule has 0 amide bonds. The molecule has 1 fully saturated rings. The molecule has 1 aromatic rings. The topological polar surface area (TPSA) is 38.3 Å². The molecule has 0 bridgehead atoms. The van der Waals surface area contributed by atoms with Crippen molar-refractivity contribution >= 4 is 6.29 Å². The molecule has 1 N–H and O–H groups in total. The first-order valence-corrected chi connectivity index (χ1v) is 4.99. The van der Waals surface area contributed by atoms with Crippen molar-refractivity contribution in [1.82, 2.24) is 5.32 Å². The van der Waals surface area contributed by atoms with Crippen LogP contribution in [0.25, 0.3) is 0 Å². The molecule has 1 aliphatic heterocycles. The maximum Gasteiger partial charge on any atom is 0.159 e. The van der Waals surface area contributed by atoms with E-state index in [2.05, 4.69) is 5.32 Å². The van der Waals surface area contributed by atoms with Gasteiger partial charge >= 0.3 is 0 Å². The van der Waals surface area contributed by atoms with E-state index in [1.807, 2.05) is 0 Å². The number of rotatable bonds is 2. The number of carbonyl (C=O) groups is 1. The molecule has 1 aromatic carbocycles. The molecule has 0 spiro atoms. The van der Waals surface area contributed by atoms with Crippen LogP contribution >= 0.6 is 0 Å². The normalized spacial score (nSPS) is 20.8. The Hall–Kier alpha value is -1.33. The van der Waals surface area contributed by atoms with Gasteiger partial charge in [-0.1, -0.05) is 0 Å². The third-order valence-corrected chi connectivity index (χ3v) is 2.53. The second kappa shape index (κ2) is 4.67. The van der Waals surface area contributed by atoms with E-state index in [1.54, 1.807) is 0 Å². The summed E-state index contributed by atoms with van der Waals surface area (Å²) in [5.41, 5.74) is 0.522. The predicted octanol–water partition coefficient (Wildman–Crippen LogP) is 1.44. The lowest BCUT2D eigenvalue weighted by Crippen LogP contribution is -2.33. The number of hydrogen-bond donors (Lipinski definition) is 1. The quantitative estimate of drug-likeness (QED) is 0.777. The molecule has 0 radical (unpaired) electrons. The average Bonchev–Trinajstić information content (AvgIpc) is 2.33. The Bertz CT molecular complexity index is 403. The predicted molar refractivity (Wildman–Crippen MR) is 53.3 cm³/mol. The maximum atomic E-state index is 13.1. The number of nitrogens with one attached hydrogen (secondary N) is 1. The van der Waals surface area contributed by atoms with E-state index in [-0.39, 0.29) is 5.56 Å². The van der Waals surface area contributed by atoms with Gasteiger partial charge in [-0.2, -0.15) is 0 Å². The molecule has 1 heterocycles. The lowest BCUT2D eigenvalue weighted by atomic mass is 10.0. The van der Waals surface area contributed by atoms with Gasteiger partial charge in [-0.15, -0.1) is 0 Å². The summed E-state index contributed by atoms with van der Waals surface area (Å²) >= 11 is 0. The molecule has 0 aromatic heterocycles. The molecule has 0 saturated carbocycles. The first-order chi connectivity index (χ1) is 7.72. The molecule has 1 saturated heterocycles. The Morgan fingerprint density at radius 2 is 2.12 bits per heavy atom. The fourth-order valence-electron chi connectivity index (χ4n) is 1.72. The monoisotopic (exact) mass is 227 g/mol. The molecule has 5 heteroatoms. The zero-order valence-corrected chi connectivity index (χ0v) is 8.50. The van der Waals surface area contributed by atoms with Gasteiger partial charge in [0.25, 0.3) is 0 Å². The highest BCUT2D eigenvalue weighted by atomic mass is 19.2. The molecule has 1 unspecified atom stereocenters. The first-order valence-electron chi connectivity index (χ1n) is 4.99. The molecule has 0 aliphatic carbocycles. The summed E-state index contributed by atoms with van der Waals surface area (Å²) in [6.45, 7) is 1.70. The van der Waals surface area contributed by atoms with Crippen LogP contribution in [0.15, 0.2) is 12.1 Å². The van der Waals surface area contributed by atoms with E-state index in [1.165, 1.54) is 0 Å². The molecule has 86 valence electrons. The number of hydrogen-bond acceptors (Lipinski definition) is 3. The lowest BCUT2D eigenvalue weighted by Gasteiger charge is -2.25. The average molecular weight is 227 g/mol. The first kappa shape index (κ1) is 11.2. The van der Waals surface area contributed by atoms with Crippen LogP contribution in [0.2, 0.25) is 0 Å². The molecule has 1 atom stereocenters. The summed E-state index contributed by atoms with van der Waals surface area (Å²) in [7, 11) is 0. The van der Waals surface area contributed by atoms with Gasteiger partial charge in [0.05, 0.1) is 12.7 Å². The Balaban J connectivity index is 2.37. The maximum absolute atomic E-state index is 13.1. The molecule has 1 aliphatic rings. The van der Waals surface area contributed by atoms with Crippen molar-refractivity contribution < 1.29 is 18.3 Å². The third-order valence-electron chi connectivity index (χ3n) is 2.53. The van der Waals surface area contributed by atoms with Crippen molar-refractivity contribution in [2.45, 2.75) is 6.10 Å². The van der Waals surface area contributed by atoms with Crippen LogP contribution in [-0.4, -0.2) is 26.0 Å². The van der Waals surface area contributed by atoms with Gasteiger partial charge < -0.3 is 10.1 Å². The molecule has 2 rings (SSSR count). The fraction of sp³-hybridized carbons (Fsp3) is 0.364. The summed E-state index contributed by atoms with van der Waals surface area (Å²) in [5, 5.41) is 3.06. The highest BCUT2D eigenvalue weighted by Gasteiger charge is 2.20. The number of carbonyl (C=O) groups excluding carboxylic acids is 1. The zero-order chi connectivity index (χ0) is 11.5. The van der Waals surface area contributed by atoms with Gasteiger partial charge in [-0.05, 0) is 17.7 Å². The SMILES string of the molecule is O=Cc1cc(F)c(F)cc1C1CNCCO1. The van der Waals surface area contributed by atoms with Gasteiger partial charge in [-0.25, -0.2) is 8.78 Å². The van der Waals surface area contributed by atoms with E-state index >= 15 is 0 Å². The van der Waals surface area contributed by atoms with Crippen molar-refractivity contribution in [1.29, 1.82) is 0 Å². The highest BCUT2D eigenvalue weighted by molar-refractivity contribution is 5.77. The van der Waals surface area contributed by atoms with Crippen molar-refractivity contribution in [2.24, 2.45) is 0 Å². The largest absolute Gasteiger partial charge is 0.371 e. The number of benzene rings is 1. The van der Waals surface area contributed by atoms with Gasteiger partial charge in [0.2, 0.25) is 0 Å². The highest BCUT2D eigenvalue weighted by Crippen LogP contribution is 2.24. The van der Waals surface area contributed by atoms with Gasteiger partial charge in [0.15, 0.2) is 17.9 Å². The minimum Gasteiger partial charge on any atom is -0.371 e. The number of halogens is 2. The molecule has 3 nitrogen and oxygen atoms in total. The van der Waals surface area contributed by atoms with Gasteiger partial charge in [0.1, 0.15) is 0 Å². The van der Waals surface area contributed by atoms with Crippen LogP contribution in [-0.2, 0) is 4.74 Å². The summed E-state index contributed by atoms with van der Waals surface area (Å²) in [6.07, 6.45) is 0.111. The van der Waals surface area contributed by atoms with Crippen molar-refractivity contribution in [3.8, 4) is 0 Å². The lowest BCUT2D eigenvalue weighted by molar-refractivity contribution is 0.0270. The van der Waals surface area contributed by atoms with E-state index < -0.39 is 17.7 Å². The Morgan fingerprint density at radius 3 is 2.75 bits per heavy atom. The number of ether oxygens (including phenoxy) is 1. The van der Waals surface area contributed by atoms with E-state index in [0.29, 0.717) is 25.0 Å². The second-order valence-corrected chi connectivity index (χ2v) is 3.58. The zero-order valence-electron chi connectivity index (χ0n) is 8.50. The Kier molecular flexibility index (Phi) is 3.26. The standard InChI is InChI=1S/C11H11F2NO2/c12-9-3-7(6-15)8(4-10(9)13)11-5-14-1-2-16-11/h3-4,6,11,14H,1-2,5H2. The van der Waals surface area contributed by atoms with Crippen LogP contribution in [0.4, 0.5) is 8.78 Å². The van der Waals surface area contributed by atoms with Crippen LogP contribution in [0.5, 0.6) is 0 Å². The van der Waals surface area contributed by atoms with Crippen LogP contribution < -0.4 is 5.32 Å². The van der Waals surface area contributed by atoms with Crippen LogP contribution in [0.1, 0.15) is 22.0 Å². The smallest absolute Gasteiger partial charge is 0.159 e. The fourth-order valence-corrected chi connectivity index (χ4v) is 1.72. The van der Waals surface area contributed by atoms with Crippen LogP contribution in [0, 0.1) is 11.6 Å². The van der Waals surface area contributed by atoms with Gasteiger partial charge in [-0.3, -0.25) is 4.79 Å². The minimum atomic E-state index is -1.02. The van der Waals surface area contributed by atoms with Crippen molar-refractivity contribution in [2.75, 3.05) is 19.7 Å². The third kappa shape index (κ3) is 2.10. The Morgan fingerprint density at radius 1 is 1.38 bits per heavy atom. The van der Waals surface area contributed by atoms with Gasteiger partial charge in [0, 0.05) is 18.7 Å². The molecule has 16 heavy (non-hydrogen) atoms. The summed E-state index contributed by atoms with van der Waals surface area (Å²) < 4.78 is 31.4. The Labute approximate surface area is 91.4 Å². The van der Waals surface area contributed by atoms with Crippen molar-refractivity contribution in [3.05, 3.63) is 34.9 Å². The molecular formula is C11H11F2NO2. The summed E-state index contributed by atoms with van der Waals surface area (Å²) in [6, 6.07) is 1.92. The van der Waals surface area contributed by atoms with E-state index in [4.69, 9.17) is 4.74 Å². The molecular weight excluding hydrogens is 216 g/mol. The number of aldehydes is 1. The van der Waals surface area contributed by atoms with E-state index in [0.717, 1.165) is 18.7 Å². The van der Waals surface area contributed by atoms with Crippen molar-refractivity contribution in [3.63, 3.8) is 0 Å². The minimum absolute atomic E-state index is 0.132.